The van der Waals surface area contributed by atoms with Gasteiger partial charge < -0.3 is 15.0 Å². The van der Waals surface area contributed by atoms with Crippen LogP contribution in [0.3, 0.4) is 0 Å². The molecule has 23 heavy (non-hydrogen) atoms. The van der Waals surface area contributed by atoms with E-state index in [0.29, 0.717) is 19.4 Å². The predicted octanol–water partition coefficient (Wildman–Crippen LogP) is 2.71. The number of H-pyrrole nitrogens is 1. The number of aromatic nitrogens is 2. The minimum Gasteiger partial charge on any atom is -0.373 e. The van der Waals surface area contributed by atoms with Gasteiger partial charge in [0.1, 0.15) is 5.82 Å². The lowest BCUT2D eigenvalue weighted by molar-refractivity contribution is -0.121. The summed E-state index contributed by atoms with van der Waals surface area (Å²) < 4.78 is 5.98. The van der Waals surface area contributed by atoms with Crippen molar-refractivity contribution >= 4 is 16.9 Å². The van der Waals surface area contributed by atoms with Gasteiger partial charge in [-0.25, -0.2) is 4.98 Å². The number of benzene rings is 1. The van der Waals surface area contributed by atoms with E-state index < -0.39 is 0 Å². The standard InChI is InChI=1S/C18H23N3O2/c22-17(19-13-11-18(23-12-13)9-3-4-10-18)8-7-16-20-14-5-1-2-6-15(14)21-16/h1-2,5-6,13H,3-4,7-12H2,(H,19,22)(H,20,21)/t13-/m1/s1. The summed E-state index contributed by atoms with van der Waals surface area (Å²) in [5.41, 5.74) is 2.04. The van der Waals surface area contributed by atoms with Crippen molar-refractivity contribution < 1.29 is 9.53 Å². The Labute approximate surface area is 135 Å². The quantitative estimate of drug-likeness (QED) is 0.912. The first-order valence-corrected chi connectivity index (χ1v) is 8.59. The number of carbonyl (C=O) groups excluding carboxylic acids is 1. The second-order valence-corrected chi connectivity index (χ2v) is 6.87. The Morgan fingerprint density at radius 3 is 3.00 bits per heavy atom. The van der Waals surface area contributed by atoms with Crippen LogP contribution in [0.2, 0.25) is 0 Å². The fourth-order valence-electron chi connectivity index (χ4n) is 3.96. The van der Waals surface area contributed by atoms with Gasteiger partial charge in [-0.05, 0) is 31.4 Å². The highest BCUT2D eigenvalue weighted by molar-refractivity contribution is 5.77. The molecule has 2 aliphatic rings. The maximum absolute atomic E-state index is 12.2. The third-order valence-corrected chi connectivity index (χ3v) is 5.12. The summed E-state index contributed by atoms with van der Waals surface area (Å²) in [7, 11) is 0. The molecule has 1 aromatic heterocycles. The van der Waals surface area contributed by atoms with Crippen LogP contribution in [0.1, 0.15) is 44.3 Å². The molecule has 122 valence electrons. The molecule has 1 aromatic carbocycles. The normalized spacial score (nSPS) is 22.9. The number of nitrogens with zero attached hydrogens (tertiary/aromatic N) is 1. The van der Waals surface area contributed by atoms with Gasteiger partial charge in [-0.15, -0.1) is 0 Å². The maximum Gasteiger partial charge on any atom is 0.220 e. The Hall–Kier alpha value is -1.88. The van der Waals surface area contributed by atoms with Crippen molar-refractivity contribution in [3.63, 3.8) is 0 Å². The third-order valence-electron chi connectivity index (χ3n) is 5.12. The van der Waals surface area contributed by atoms with Gasteiger partial charge in [-0.1, -0.05) is 25.0 Å². The number of nitrogens with one attached hydrogen (secondary N) is 2. The summed E-state index contributed by atoms with van der Waals surface area (Å²) in [6.45, 7) is 0.663. The number of amides is 1. The van der Waals surface area contributed by atoms with Gasteiger partial charge in [0.05, 0.1) is 29.3 Å². The number of ether oxygens (including phenoxy) is 1. The van der Waals surface area contributed by atoms with Crippen LogP contribution >= 0.6 is 0 Å². The molecule has 0 unspecified atom stereocenters. The number of rotatable bonds is 4. The maximum atomic E-state index is 12.2. The van der Waals surface area contributed by atoms with E-state index in [4.69, 9.17) is 4.74 Å². The molecule has 1 saturated heterocycles. The Morgan fingerprint density at radius 1 is 1.35 bits per heavy atom. The summed E-state index contributed by atoms with van der Waals surface area (Å²) >= 11 is 0. The highest BCUT2D eigenvalue weighted by Gasteiger charge is 2.42. The summed E-state index contributed by atoms with van der Waals surface area (Å²) in [6, 6.07) is 8.11. The van der Waals surface area contributed by atoms with Gasteiger partial charge in [0.2, 0.25) is 5.91 Å². The molecule has 0 bridgehead atoms. The summed E-state index contributed by atoms with van der Waals surface area (Å²) in [6.07, 6.45) is 6.89. The molecule has 1 aliphatic heterocycles. The Bertz CT molecular complexity index is 670. The first kappa shape index (κ1) is 14.7. The van der Waals surface area contributed by atoms with Crippen molar-refractivity contribution in [2.75, 3.05) is 6.61 Å². The van der Waals surface area contributed by atoms with Crippen LogP contribution in [0.4, 0.5) is 0 Å². The third kappa shape index (κ3) is 3.11. The van der Waals surface area contributed by atoms with Crippen molar-refractivity contribution in [1.82, 2.24) is 15.3 Å². The zero-order chi connectivity index (χ0) is 15.7. The average molecular weight is 313 g/mol. The minimum absolute atomic E-state index is 0.0662. The lowest BCUT2D eigenvalue weighted by Crippen LogP contribution is -2.36. The zero-order valence-corrected chi connectivity index (χ0v) is 13.3. The van der Waals surface area contributed by atoms with Crippen molar-refractivity contribution in [1.29, 1.82) is 0 Å². The second-order valence-electron chi connectivity index (χ2n) is 6.87. The highest BCUT2D eigenvalue weighted by Crippen LogP contribution is 2.40. The molecular formula is C18H23N3O2. The molecule has 4 rings (SSSR count). The molecule has 1 atom stereocenters. The fraction of sp³-hybridized carbons (Fsp3) is 0.556. The van der Waals surface area contributed by atoms with E-state index in [-0.39, 0.29) is 17.6 Å². The minimum atomic E-state index is 0.0662. The SMILES string of the molecule is O=C(CCc1nc2ccccc2[nH]1)N[C@H]1COC2(CCCC2)C1. The molecule has 1 saturated carbocycles. The smallest absolute Gasteiger partial charge is 0.220 e. The number of hydrogen-bond donors (Lipinski definition) is 2. The van der Waals surface area contributed by atoms with Gasteiger partial charge in [-0.2, -0.15) is 0 Å². The largest absolute Gasteiger partial charge is 0.373 e. The van der Waals surface area contributed by atoms with Gasteiger partial charge in [0, 0.05) is 12.8 Å². The van der Waals surface area contributed by atoms with Crippen LogP contribution in [0.15, 0.2) is 24.3 Å². The topological polar surface area (TPSA) is 67.0 Å². The highest BCUT2D eigenvalue weighted by atomic mass is 16.5. The van der Waals surface area contributed by atoms with E-state index in [1.165, 1.54) is 12.8 Å². The molecule has 0 radical (unpaired) electrons. The fourth-order valence-corrected chi connectivity index (χ4v) is 3.96. The van der Waals surface area contributed by atoms with E-state index in [2.05, 4.69) is 15.3 Å². The molecule has 2 N–H and O–H groups in total. The Kier molecular flexibility index (Phi) is 3.81. The van der Waals surface area contributed by atoms with E-state index >= 15 is 0 Å². The predicted molar refractivity (Wildman–Crippen MR) is 88.1 cm³/mol. The number of aromatic amines is 1. The molecule has 1 spiro atoms. The average Bonchev–Trinajstić information content (AvgIpc) is 3.26. The number of carbonyl (C=O) groups is 1. The lowest BCUT2D eigenvalue weighted by atomic mass is 9.96. The van der Waals surface area contributed by atoms with Crippen LogP contribution in [0, 0.1) is 0 Å². The van der Waals surface area contributed by atoms with E-state index in [1.807, 2.05) is 24.3 Å². The summed E-state index contributed by atoms with van der Waals surface area (Å²) in [5, 5.41) is 3.13. The number of hydrogen-bond acceptors (Lipinski definition) is 3. The Balaban J connectivity index is 1.29. The molecule has 2 heterocycles. The van der Waals surface area contributed by atoms with E-state index in [1.54, 1.807) is 0 Å². The zero-order valence-electron chi connectivity index (χ0n) is 13.3. The molecule has 2 aromatic rings. The molecule has 2 fully saturated rings. The number of aryl methyl sites for hydroxylation is 1. The van der Waals surface area contributed by atoms with Gasteiger partial charge in [0.15, 0.2) is 0 Å². The first-order valence-electron chi connectivity index (χ1n) is 8.59. The van der Waals surface area contributed by atoms with Crippen LogP contribution in [0.5, 0.6) is 0 Å². The van der Waals surface area contributed by atoms with Crippen molar-refractivity contribution in [2.45, 2.75) is 56.6 Å². The molecule has 5 heteroatoms. The molecule has 1 amide bonds. The number of imidazole rings is 1. The van der Waals surface area contributed by atoms with Gasteiger partial charge in [0.25, 0.3) is 0 Å². The van der Waals surface area contributed by atoms with Crippen molar-refractivity contribution in [3.05, 3.63) is 30.1 Å². The summed E-state index contributed by atoms with van der Waals surface area (Å²) in [4.78, 5) is 20.0. The van der Waals surface area contributed by atoms with Crippen LogP contribution < -0.4 is 5.32 Å². The van der Waals surface area contributed by atoms with Crippen LogP contribution in [-0.2, 0) is 16.0 Å². The van der Waals surface area contributed by atoms with Crippen molar-refractivity contribution in [3.8, 4) is 0 Å². The first-order chi connectivity index (χ1) is 11.2. The van der Waals surface area contributed by atoms with E-state index in [9.17, 15) is 4.79 Å². The molecular weight excluding hydrogens is 290 g/mol. The number of para-hydroxylation sites is 2. The summed E-state index contributed by atoms with van der Waals surface area (Å²) in [5.74, 6) is 0.963. The van der Waals surface area contributed by atoms with Gasteiger partial charge in [-0.3, -0.25) is 4.79 Å². The lowest BCUT2D eigenvalue weighted by Gasteiger charge is -2.21. The Morgan fingerprint density at radius 2 is 2.17 bits per heavy atom. The van der Waals surface area contributed by atoms with E-state index in [0.717, 1.165) is 36.1 Å². The van der Waals surface area contributed by atoms with Crippen LogP contribution in [0.25, 0.3) is 11.0 Å². The monoisotopic (exact) mass is 313 g/mol. The van der Waals surface area contributed by atoms with Crippen LogP contribution in [-0.4, -0.2) is 34.1 Å². The second kappa shape index (κ2) is 5.96. The van der Waals surface area contributed by atoms with Crippen molar-refractivity contribution in [2.24, 2.45) is 0 Å². The van der Waals surface area contributed by atoms with Gasteiger partial charge >= 0.3 is 0 Å². The molecule has 5 nitrogen and oxygen atoms in total. The molecule has 1 aliphatic carbocycles. The number of fused-ring (bicyclic) bond motifs is 1.